The van der Waals surface area contributed by atoms with Crippen LogP contribution in [0, 0.1) is 0 Å². The van der Waals surface area contributed by atoms with Crippen molar-refractivity contribution in [1.82, 2.24) is 4.57 Å². The second-order valence-electron chi connectivity index (χ2n) is 7.21. The lowest BCUT2D eigenvalue weighted by molar-refractivity contribution is -0.116. The molecule has 0 fully saturated rings. The van der Waals surface area contributed by atoms with E-state index < -0.39 is 10.0 Å². The lowest BCUT2D eigenvalue weighted by Gasteiger charge is -2.22. The fraction of sp³-hybridized carbons (Fsp3) is 0.364. The summed E-state index contributed by atoms with van der Waals surface area (Å²) in [5.41, 5.74) is 1.98. The highest BCUT2D eigenvalue weighted by molar-refractivity contribution is 7.92. The number of rotatable bonds is 10. The molecule has 0 atom stereocenters. The van der Waals surface area contributed by atoms with Crippen LogP contribution in [-0.2, 0) is 21.4 Å². The number of amides is 1. The first kappa shape index (κ1) is 23.8. The summed E-state index contributed by atoms with van der Waals surface area (Å²) in [6.07, 6.45) is 1.66. The number of thiazole rings is 1. The highest BCUT2D eigenvalue weighted by Gasteiger charge is 2.18. The molecule has 0 bridgehead atoms. The minimum Gasteiger partial charge on any atom is -0.494 e. The summed E-state index contributed by atoms with van der Waals surface area (Å²) in [4.78, 5) is 24.4. The Kier molecular flexibility index (Phi) is 7.57. The number of hydrogen-bond acceptors (Lipinski definition) is 6. The Morgan fingerprint density at radius 2 is 1.88 bits per heavy atom. The van der Waals surface area contributed by atoms with E-state index in [1.165, 1.54) is 4.31 Å². The molecule has 1 amide bonds. The molecule has 3 rings (SSSR count). The van der Waals surface area contributed by atoms with Crippen LogP contribution in [0.15, 0.2) is 47.3 Å². The molecule has 10 heteroatoms. The molecule has 0 radical (unpaired) electrons. The van der Waals surface area contributed by atoms with Gasteiger partial charge < -0.3 is 10.1 Å². The van der Waals surface area contributed by atoms with Gasteiger partial charge in [-0.15, -0.1) is 0 Å². The number of anilines is 2. The molecular formula is C22H27N3O5S2. The van der Waals surface area contributed by atoms with Crippen molar-refractivity contribution in [2.45, 2.75) is 33.2 Å². The van der Waals surface area contributed by atoms with Gasteiger partial charge in [0.05, 0.1) is 28.8 Å². The molecule has 1 heterocycles. The highest BCUT2D eigenvalue weighted by atomic mass is 32.2. The molecule has 8 nitrogen and oxygen atoms in total. The van der Waals surface area contributed by atoms with E-state index in [-0.39, 0.29) is 23.7 Å². The zero-order valence-corrected chi connectivity index (χ0v) is 20.0. The van der Waals surface area contributed by atoms with Gasteiger partial charge in [0.1, 0.15) is 5.75 Å². The van der Waals surface area contributed by atoms with Crippen molar-refractivity contribution in [3.8, 4) is 5.75 Å². The van der Waals surface area contributed by atoms with Crippen molar-refractivity contribution >= 4 is 48.9 Å². The Hall–Kier alpha value is -2.85. The van der Waals surface area contributed by atoms with E-state index in [0.717, 1.165) is 27.8 Å². The van der Waals surface area contributed by atoms with Gasteiger partial charge in [0.15, 0.2) is 0 Å². The van der Waals surface area contributed by atoms with E-state index in [9.17, 15) is 18.0 Å². The molecule has 3 aromatic rings. The first-order chi connectivity index (χ1) is 15.2. The van der Waals surface area contributed by atoms with Crippen LogP contribution in [0.4, 0.5) is 11.4 Å². The Morgan fingerprint density at radius 1 is 1.16 bits per heavy atom. The molecular weight excluding hydrogens is 450 g/mol. The molecule has 0 aliphatic carbocycles. The Morgan fingerprint density at radius 3 is 2.50 bits per heavy atom. The van der Waals surface area contributed by atoms with E-state index >= 15 is 0 Å². The van der Waals surface area contributed by atoms with Gasteiger partial charge in [-0.2, -0.15) is 0 Å². The maximum atomic E-state index is 12.4. The number of carbonyl (C=O) groups excluding carboxylic acids is 1. The summed E-state index contributed by atoms with van der Waals surface area (Å²) in [7, 11) is -3.50. The fourth-order valence-electron chi connectivity index (χ4n) is 3.41. The van der Waals surface area contributed by atoms with Gasteiger partial charge in [-0.3, -0.25) is 18.5 Å². The minimum absolute atomic E-state index is 0.0267. The monoisotopic (exact) mass is 477 g/mol. The van der Waals surface area contributed by atoms with Gasteiger partial charge in [0.25, 0.3) is 0 Å². The third-order valence-corrected chi connectivity index (χ3v) is 7.01. The number of aryl methyl sites for hydroxylation is 1. The molecule has 0 aliphatic rings. The number of benzene rings is 2. The lowest BCUT2D eigenvalue weighted by atomic mass is 10.2. The largest absolute Gasteiger partial charge is 0.494 e. The number of carbonyl (C=O) groups is 1. The number of fused-ring (bicyclic) bond motifs is 1. The number of sulfonamides is 1. The maximum absolute atomic E-state index is 12.4. The van der Waals surface area contributed by atoms with Crippen LogP contribution in [0.1, 0.15) is 26.7 Å². The predicted molar refractivity (Wildman–Crippen MR) is 129 cm³/mol. The van der Waals surface area contributed by atoms with Crippen molar-refractivity contribution < 1.29 is 17.9 Å². The fourth-order valence-corrected chi connectivity index (χ4v) is 5.37. The van der Waals surface area contributed by atoms with Crippen LogP contribution in [0.5, 0.6) is 5.75 Å². The Labute approximate surface area is 191 Å². The van der Waals surface area contributed by atoms with E-state index in [4.69, 9.17) is 4.74 Å². The first-order valence-corrected chi connectivity index (χ1v) is 13.0. The summed E-state index contributed by atoms with van der Waals surface area (Å²) < 4.78 is 33.7. The second-order valence-corrected chi connectivity index (χ2v) is 10.1. The number of nitrogens with zero attached hydrogens (tertiary/aromatic N) is 2. The van der Waals surface area contributed by atoms with Crippen molar-refractivity contribution in [2.24, 2.45) is 0 Å². The maximum Gasteiger partial charge on any atom is 0.308 e. The molecule has 2 aromatic carbocycles. The molecule has 32 heavy (non-hydrogen) atoms. The van der Waals surface area contributed by atoms with Gasteiger partial charge in [0.2, 0.25) is 15.9 Å². The number of ether oxygens (including phenoxy) is 1. The van der Waals surface area contributed by atoms with Crippen molar-refractivity contribution in [3.63, 3.8) is 0 Å². The number of hydrogen-bond donors (Lipinski definition) is 1. The van der Waals surface area contributed by atoms with Crippen LogP contribution in [-0.4, -0.2) is 38.3 Å². The molecule has 1 N–H and O–H groups in total. The van der Waals surface area contributed by atoms with Crippen molar-refractivity contribution in [2.75, 3.05) is 29.0 Å². The standard InChI is InChI=1S/C22H27N3O5S2/c1-4-24-19-13-8-16(15-20(19)31-22(24)27)23-21(26)7-6-14-25(32(3,28)29)17-9-11-18(12-10-17)30-5-2/h8-13,15H,4-7,14H2,1-3H3,(H,23,26). The third-order valence-electron chi connectivity index (χ3n) is 4.87. The Bertz CT molecular complexity index is 1250. The summed E-state index contributed by atoms with van der Waals surface area (Å²) in [6.45, 7) is 5.09. The van der Waals surface area contributed by atoms with Gasteiger partial charge in [-0.05, 0) is 62.7 Å². The van der Waals surface area contributed by atoms with Gasteiger partial charge in [-0.1, -0.05) is 11.3 Å². The SMILES string of the molecule is CCOc1ccc(N(CCCC(=O)Nc2ccc3c(c2)sc(=O)n3CC)S(C)(=O)=O)cc1. The van der Waals surface area contributed by atoms with Crippen molar-refractivity contribution in [1.29, 1.82) is 0 Å². The average molecular weight is 478 g/mol. The van der Waals surface area contributed by atoms with Crippen molar-refractivity contribution in [3.05, 3.63) is 52.1 Å². The molecule has 0 aliphatic heterocycles. The molecule has 0 saturated heterocycles. The summed E-state index contributed by atoms with van der Waals surface area (Å²) in [6, 6.07) is 12.2. The zero-order valence-electron chi connectivity index (χ0n) is 18.3. The van der Waals surface area contributed by atoms with Gasteiger partial charge in [0, 0.05) is 25.2 Å². The molecule has 0 saturated carbocycles. The highest BCUT2D eigenvalue weighted by Crippen LogP contribution is 2.23. The number of nitrogens with one attached hydrogen (secondary N) is 1. The van der Waals surface area contributed by atoms with Crippen LogP contribution in [0.2, 0.25) is 0 Å². The van der Waals surface area contributed by atoms with Crippen LogP contribution < -0.4 is 19.2 Å². The smallest absolute Gasteiger partial charge is 0.308 e. The first-order valence-electron chi connectivity index (χ1n) is 10.4. The van der Waals surface area contributed by atoms with Crippen LogP contribution >= 0.6 is 11.3 Å². The number of aromatic nitrogens is 1. The Balaban J connectivity index is 1.61. The van der Waals surface area contributed by atoms with E-state index in [0.29, 0.717) is 36.7 Å². The zero-order chi connectivity index (χ0) is 23.3. The summed E-state index contributed by atoms with van der Waals surface area (Å²) in [5, 5.41) is 2.83. The second kappa shape index (κ2) is 10.2. The van der Waals surface area contributed by atoms with E-state index in [1.807, 2.05) is 19.9 Å². The summed E-state index contributed by atoms with van der Waals surface area (Å²) >= 11 is 1.14. The van der Waals surface area contributed by atoms with Crippen LogP contribution in [0.25, 0.3) is 10.2 Å². The van der Waals surface area contributed by atoms with E-state index in [2.05, 4.69) is 5.32 Å². The molecule has 1 aromatic heterocycles. The van der Waals surface area contributed by atoms with Gasteiger partial charge in [-0.25, -0.2) is 8.42 Å². The van der Waals surface area contributed by atoms with Crippen LogP contribution in [0.3, 0.4) is 0 Å². The lowest BCUT2D eigenvalue weighted by Crippen LogP contribution is -2.31. The molecule has 0 unspecified atom stereocenters. The third kappa shape index (κ3) is 5.68. The molecule has 0 spiro atoms. The van der Waals surface area contributed by atoms with Gasteiger partial charge >= 0.3 is 4.87 Å². The van der Waals surface area contributed by atoms with E-state index in [1.54, 1.807) is 41.0 Å². The predicted octanol–water partition coefficient (Wildman–Crippen LogP) is 3.67. The average Bonchev–Trinajstić information content (AvgIpc) is 3.05. The quantitative estimate of drug-likeness (QED) is 0.481. The minimum atomic E-state index is -3.50. The molecule has 172 valence electrons. The topological polar surface area (TPSA) is 97.7 Å². The normalized spacial score (nSPS) is 11.5. The summed E-state index contributed by atoms with van der Waals surface area (Å²) in [5.74, 6) is 0.451.